The van der Waals surface area contributed by atoms with Gasteiger partial charge in [-0.15, -0.1) is 0 Å². The lowest BCUT2D eigenvalue weighted by Gasteiger charge is -2.06. The Morgan fingerprint density at radius 3 is 2.55 bits per heavy atom. The number of benzene rings is 2. The number of Topliss-reactive ketones (excluding diaryl/α,β-unsaturated/α-hetero) is 1. The van der Waals surface area contributed by atoms with Crippen molar-refractivity contribution in [3.8, 4) is 5.75 Å². The highest BCUT2D eigenvalue weighted by Crippen LogP contribution is 2.26. The van der Waals surface area contributed by atoms with Gasteiger partial charge in [-0.3, -0.25) is 14.9 Å². The van der Waals surface area contributed by atoms with Crippen LogP contribution in [0.5, 0.6) is 5.75 Å². The number of nitro benzene ring substituents is 1. The van der Waals surface area contributed by atoms with E-state index in [-0.39, 0.29) is 23.8 Å². The molecule has 0 radical (unpaired) electrons. The maximum absolute atomic E-state index is 11.9. The molecule has 0 N–H and O–H groups in total. The summed E-state index contributed by atoms with van der Waals surface area (Å²) < 4.78 is 5.83. The van der Waals surface area contributed by atoms with Crippen LogP contribution in [-0.2, 0) is 0 Å². The number of ketones is 1. The summed E-state index contributed by atoms with van der Waals surface area (Å²) in [6, 6.07) is 12.9. The van der Waals surface area contributed by atoms with Crippen molar-refractivity contribution in [2.75, 3.05) is 6.61 Å². The van der Waals surface area contributed by atoms with E-state index in [1.807, 2.05) is 6.07 Å². The SMILES string of the molecule is O=C(COc1cc(Br)cc([N+](=O)[O-])c1)c1ccccc1. The molecule has 0 amide bonds. The highest BCUT2D eigenvalue weighted by molar-refractivity contribution is 9.10. The third kappa shape index (κ3) is 3.64. The van der Waals surface area contributed by atoms with Crippen molar-refractivity contribution in [3.05, 3.63) is 68.7 Å². The van der Waals surface area contributed by atoms with Crippen LogP contribution in [-0.4, -0.2) is 17.3 Å². The predicted molar refractivity (Wildman–Crippen MR) is 77.1 cm³/mol. The van der Waals surface area contributed by atoms with E-state index < -0.39 is 4.92 Å². The standard InChI is InChI=1S/C14H10BrNO4/c15-11-6-12(16(18)19)8-13(7-11)20-9-14(17)10-4-2-1-3-5-10/h1-8H,9H2. The lowest BCUT2D eigenvalue weighted by atomic mass is 10.1. The van der Waals surface area contributed by atoms with Crippen molar-refractivity contribution in [2.24, 2.45) is 0 Å². The molecule has 0 aliphatic heterocycles. The average Bonchev–Trinajstić information content (AvgIpc) is 2.45. The summed E-state index contributed by atoms with van der Waals surface area (Å²) in [6.07, 6.45) is 0. The Hall–Kier alpha value is -2.21. The largest absolute Gasteiger partial charge is 0.485 e. The summed E-state index contributed by atoms with van der Waals surface area (Å²) in [4.78, 5) is 22.1. The summed E-state index contributed by atoms with van der Waals surface area (Å²) >= 11 is 3.16. The Morgan fingerprint density at radius 1 is 1.20 bits per heavy atom. The average molecular weight is 336 g/mol. The highest BCUT2D eigenvalue weighted by atomic mass is 79.9. The maximum Gasteiger partial charge on any atom is 0.274 e. The van der Waals surface area contributed by atoms with Crippen LogP contribution in [0.2, 0.25) is 0 Å². The molecule has 0 aromatic heterocycles. The minimum absolute atomic E-state index is 0.0958. The maximum atomic E-state index is 11.9. The number of hydrogen-bond donors (Lipinski definition) is 0. The molecular weight excluding hydrogens is 326 g/mol. The van der Waals surface area contributed by atoms with E-state index in [1.165, 1.54) is 12.1 Å². The van der Waals surface area contributed by atoms with E-state index in [9.17, 15) is 14.9 Å². The summed E-state index contributed by atoms with van der Waals surface area (Å²) in [5.41, 5.74) is 0.443. The van der Waals surface area contributed by atoms with E-state index in [1.54, 1.807) is 30.3 Å². The van der Waals surface area contributed by atoms with Gasteiger partial charge in [0.05, 0.1) is 11.0 Å². The molecule has 2 aromatic rings. The molecule has 102 valence electrons. The number of ether oxygens (including phenoxy) is 1. The van der Waals surface area contributed by atoms with Crippen LogP contribution in [0.1, 0.15) is 10.4 Å². The Bertz CT molecular complexity index is 643. The van der Waals surface area contributed by atoms with Gasteiger partial charge in [-0.05, 0) is 6.07 Å². The molecule has 0 bridgehead atoms. The van der Waals surface area contributed by atoms with Gasteiger partial charge in [-0.1, -0.05) is 46.3 Å². The van der Waals surface area contributed by atoms with Gasteiger partial charge in [0.1, 0.15) is 5.75 Å². The van der Waals surface area contributed by atoms with Crippen LogP contribution in [0.15, 0.2) is 53.0 Å². The number of nitrogens with zero attached hydrogens (tertiary/aromatic N) is 1. The van der Waals surface area contributed by atoms with Crippen LogP contribution >= 0.6 is 15.9 Å². The first-order valence-electron chi connectivity index (χ1n) is 5.72. The zero-order chi connectivity index (χ0) is 14.5. The van der Waals surface area contributed by atoms with Gasteiger partial charge in [0.2, 0.25) is 0 Å². The van der Waals surface area contributed by atoms with Crippen LogP contribution in [0, 0.1) is 10.1 Å². The molecule has 6 heteroatoms. The summed E-state index contributed by atoms with van der Waals surface area (Å²) in [6.45, 7) is -0.169. The molecule has 0 fully saturated rings. The smallest absolute Gasteiger partial charge is 0.274 e. The minimum atomic E-state index is -0.517. The quantitative estimate of drug-likeness (QED) is 0.475. The third-order valence-corrected chi connectivity index (χ3v) is 2.99. The first kappa shape index (κ1) is 14.2. The molecular formula is C14H10BrNO4. The molecule has 0 saturated carbocycles. The first-order valence-corrected chi connectivity index (χ1v) is 6.51. The number of nitro groups is 1. The topological polar surface area (TPSA) is 69.4 Å². The summed E-state index contributed by atoms with van der Waals surface area (Å²) in [5.74, 6) is 0.0867. The second-order valence-corrected chi connectivity index (χ2v) is 4.90. The van der Waals surface area contributed by atoms with Gasteiger partial charge in [-0.25, -0.2) is 0 Å². The third-order valence-electron chi connectivity index (χ3n) is 2.53. The number of carbonyl (C=O) groups excluding carboxylic acids is 1. The van der Waals surface area contributed by atoms with Crippen LogP contribution in [0.3, 0.4) is 0 Å². The Morgan fingerprint density at radius 2 is 1.90 bits per heavy atom. The molecule has 0 heterocycles. The second-order valence-electron chi connectivity index (χ2n) is 3.98. The van der Waals surface area contributed by atoms with Gasteiger partial charge in [0.15, 0.2) is 12.4 Å². The molecule has 0 aliphatic carbocycles. The molecule has 0 saturated heterocycles. The minimum Gasteiger partial charge on any atom is -0.485 e. The lowest BCUT2D eigenvalue weighted by Crippen LogP contribution is -2.11. The van der Waals surface area contributed by atoms with E-state index >= 15 is 0 Å². The van der Waals surface area contributed by atoms with Crippen molar-refractivity contribution >= 4 is 27.4 Å². The fourth-order valence-electron chi connectivity index (χ4n) is 1.59. The highest BCUT2D eigenvalue weighted by Gasteiger charge is 2.11. The molecule has 2 rings (SSSR count). The van der Waals surface area contributed by atoms with Crippen molar-refractivity contribution < 1.29 is 14.5 Å². The zero-order valence-corrected chi connectivity index (χ0v) is 11.9. The van der Waals surface area contributed by atoms with E-state index in [0.717, 1.165) is 0 Å². The lowest BCUT2D eigenvalue weighted by molar-refractivity contribution is -0.385. The number of rotatable bonds is 5. The van der Waals surface area contributed by atoms with Gasteiger partial charge in [-0.2, -0.15) is 0 Å². The van der Waals surface area contributed by atoms with Crippen molar-refractivity contribution in [2.45, 2.75) is 0 Å². The van der Waals surface area contributed by atoms with Gasteiger partial charge < -0.3 is 4.74 Å². The van der Waals surface area contributed by atoms with Crippen molar-refractivity contribution in [1.82, 2.24) is 0 Å². The number of carbonyl (C=O) groups is 1. The van der Waals surface area contributed by atoms with Gasteiger partial charge in [0.25, 0.3) is 5.69 Å². The fraction of sp³-hybridized carbons (Fsp3) is 0.0714. The summed E-state index contributed by atoms with van der Waals surface area (Å²) in [7, 11) is 0. The predicted octanol–water partition coefficient (Wildman–Crippen LogP) is 3.62. The van der Waals surface area contributed by atoms with E-state index in [2.05, 4.69) is 15.9 Å². The molecule has 0 unspecified atom stereocenters. The first-order chi connectivity index (χ1) is 9.56. The number of non-ortho nitro benzene ring substituents is 1. The van der Waals surface area contributed by atoms with Crippen LogP contribution in [0.25, 0.3) is 0 Å². The number of hydrogen-bond acceptors (Lipinski definition) is 4. The molecule has 0 atom stereocenters. The van der Waals surface area contributed by atoms with Crippen molar-refractivity contribution in [3.63, 3.8) is 0 Å². The Kier molecular flexibility index (Phi) is 4.47. The molecule has 20 heavy (non-hydrogen) atoms. The molecule has 5 nitrogen and oxygen atoms in total. The zero-order valence-electron chi connectivity index (χ0n) is 10.3. The van der Waals surface area contributed by atoms with Crippen LogP contribution < -0.4 is 4.74 Å². The normalized spacial score (nSPS) is 10.1. The van der Waals surface area contributed by atoms with Gasteiger partial charge >= 0.3 is 0 Å². The fourth-order valence-corrected chi connectivity index (χ4v) is 2.05. The molecule has 0 aliphatic rings. The second kappa shape index (κ2) is 6.29. The summed E-state index contributed by atoms with van der Waals surface area (Å²) in [5, 5.41) is 10.7. The van der Waals surface area contributed by atoms with Crippen LogP contribution in [0.4, 0.5) is 5.69 Å². The molecule has 2 aromatic carbocycles. The van der Waals surface area contributed by atoms with E-state index in [0.29, 0.717) is 10.0 Å². The number of halogens is 1. The van der Waals surface area contributed by atoms with Gasteiger partial charge in [0, 0.05) is 16.1 Å². The monoisotopic (exact) mass is 335 g/mol. The molecule has 0 spiro atoms. The van der Waals surface area contributed by atoms with E-state index in [4.69, 9.17) is 4.74 Å². The Labute approximate surface area is 123 Å². The Balaban J connectivity index is 2.08. The van der Waals surface area contributed by atoms with Crippen molar-refractivity contribution in [1.29, 1.82) is 0 Å².